The SMILES string of the molecule is CC(C)n1ccc(CCCC(O)c2ccccc2)n1. The normalized spacial score (nSPS) is 12.8. The van der Waals surface area contributed by atoms with Gasteiger partial charge in [-0.1, -0.05) is 30.3 Å². The van der Waals surface area contributed by atoms with Crippen LogP contribution in [-0.2, 0) is 6.42 Å². The van der Waals surface area contributed by atoms with Gasteiger partial charge in [0, 0.05) is 12.2 Å². The lowest BCUT2D eigenvalue weighted by atomic mass is 10.0. The minimum absolute atomic E-state index is 0.367. The highest BCUT2D eigenvalue weighted by Crippen LogP contribution is 2.19. The van der Waals surface area contributed by atoms with E-state index < -0.39 is 0 Å². The van der Waals surface area contributed by atoms with Crippen LogP contribution >= 0.6 is 0 Å². The Kier molecular flexibility index (Phi) is 4.74. The zero-order valence-electron chi connectivity index (χ0n) is 11.7. The van der Waals surface area contributed by atoms with Crippen LogP contribution in [0.4, 0.5) is 0 Å². The zero-order valence-corrected chi connectivity index (χ0v) is 11.7. The maximum absolute atomic E-state index is 10.1. The van der Waals surface area contributed by atoms with Crippen LogP contribution in [-0.4, -0.2) is 14.9 Å². The highest BCUT2D eigenvalue weighted by atomic mass is 16.3. The van der Waals surface area contributed by atoms with Crippen molar-refractivity contribution in [3.8, 4) is 0 Å². The molecule has 19 heavy (non-hydrogen) atoms. The molecule has 0 saturated heterocycles. The van der Waals surface area contributed by atoms with E-state index in [0.29, 0.717) is 6.04 Å². The van der Waals surface area contributed by atoms with Gasteiger partial charge in [0.25, 0.3) is 0 Å². The number of aromatic nitrogens is 2. The van der Waals surface area contributed by atoms with Crippen molar-refractivity contribution in [2.75, 3.05) is 0 Å². The third-order valence-electron chi connectivity index (χ3n) is 3.29. The molecule has 1 aromatic heterocycles. The van der Waals surface area contributed by atoms with Gasteiger partial charge < -0.3 is 5.11 Å². The highest BCUT2D eigenvalue weighted by molar-refractivity contribution is 5.17. The topological polar surface area (TPSA) is 38.0 Å². The number of benzene rings is 1. The van der Waals surface area contributed by atoms with Gasteiger partial charge in [-0.3, -0.25) is 4.68 Å². The molecule has 1 N–H and O–H groups in total. The number of hydrogen-bond donors (Lipinski definition) is 1. The number of nitrogens with zero attached hydrogens (tertiary/aromatic N) is 2. The Hall–Kier alpha value is -1.61. The molecule has 0 fully saturated rings. The Bertz CT molecular complexity index is 490. The van der Waals surface area contributed by atoms with Crippen LogP contribution in [0.1, 0.15) is 50.1 Å². The van der Waals surface area contributed by atoms with Gasteiger partial charge in [0.15, 0.2) is 0 Å². The lowest BCUT2D eigenvalue weighted by molar-refractivity contribution is 0.164. The summed E-state index contributed by atoms with van der Waals surface area (Å²) in [5.74, 6) is 0. The Morgan fingerprint density at radius 1 is 1.16 bits per heavy atom. The fraction of sp³-hybridized carbons (Fsp3) is 0.438. The van der Waals surface area contributed by atoms with E-state index in [0.717, 1.165) is 30.5 Å². The van der Waals surface area contributed by atoms with E-state index in [9.17, 15) is 5.11 Å². The molecular formula is C16H22N2O. The van der Waals surface area contributed by atoms with Gasteiger partial charge in [-0.25, -0.2) is 0 Å². The van der Waals surface area contributed by atoms with E-state index in [4.69, 9.17) is 0 Å². The first-order valence-corrected chi connectivity index (χ1v) is 6.94. The predicted molar refractivity (Wildman–Crippen MR) is 77.0 cm³/mol. The molecule has 0 aliphatic heterocycles. The van der Waals surface area contributed by atoms with Gasteiger partial charge in [-0.2, -0.15) is 5.10 Å². The highest BCUT2D eigenvalue weighted by Gasteiger charge is 2.07. The molecule has 2 aromatic rings. The summed E-state index contributed by atoms with van der Waals surface area (Å²) < 4.78 is 1.98. The molecular weight excluding hydrogens is 236 g/mol. The van der Waals surface area contributed by atoms with Crippen molar-refractivity contribution in [2.24, 2.45) is 0 Å². The Morgan fingerprint density at radius 3 is 2.53 bits per heavy atom. The number of rotatable bonds is 6. The summed E-state index contributed by atoms with van der Waals surface area (Å²) in [5, 5.41) is 14.6. The van der Waals surface area contributed by atoms with Crippen molar-refractivity contribution >= 4 is 0 Å². The average molecular weight is 258 g/mol. The zero-order chi connectivity index (χ0) is 13.7. The molecule has 2 rings (SSSR count). The Morgan fingerprint density at radius 2 is 1.89 bits per heavy atom. The summed E-state index contributed by atoms with van der Waals surface area (Å²) >= 11 is 0. The summed E-state index contributed by atoms with van der Waals surface area (Å²) in [6.07, 6.45) is 4.30. The lowest BCUT2D eigenvalue weighted by Gasteiger charge is -2.10. The summed E-state index contributed by atoms with van der Waals surface area (Å²) in [6.45, 7) is 4.24. The molecule has 3 nitrogen and oxygen atoms in total. The van der Waals surface area contributed by atoms with E-state index in [1.54, 1.807) is 0 Å². The second-order valence-corrected chi connectivity index (χ2v) is 5.20. The van der Waals surface area contributed by atoms with Crippen LogP contribution < -0.4 is 0 Å². The van der Waals surface area contributed by atoms with Crippen molar-refractivity contribution in [1.29, 1.82) is 0 Å². The Labute approximate surface area is 114 Å². The molecule has 0 saturated carbocycles. The molecule has 1 unspecified atom stereocenters. The summed E-state index contributed by atoms with van der Waals surface area (Å²) in [7, 11) is 0. The van der Waals surface area contributed by atoms with Crippen molar-refractivity contribution < 1.29 is 5.11 Å². The van der Waals surface area contributed by atoms with Gasteiger partial charge in [0.1, 0.15) is 0 Å². The van der Waals surface area contributed by atoms with Crippen molar-refractivity contribution in [3.05, 3.63) is 53.9 Å². The molecule has 0 bridgehead atoms. The van der Waals surface area contributed by atoms with E-state index >= 15 is 0 Å². The number of aryl methyl sites for hydroxylation is 1. The van der Waals surface area contributed by atoms with Crippen molar-refractivity contribution in [1.82, 2.24) is 9.78 Å². The van der Waals surface area contributed by atoms with Crippen LogP contribution in [0.3, 0.4) is 0 Å². The molecule has 0 spiro atoms. The molecule has 1 heterocycles. The number of aliphatic hydroxyl groups is 1. The van der Waals surface area contributed by atoms with E-state index in [2.05, 4.69) is 25.0 Å². The summed E-state index contributed by atoms with van der Waals surface area (Å²) in [5.41, 5.74) is 2.10. The number of aliphatic hydroxyl groups excluding tert-OH is 1. The molecule has 3 heteroatoms. The van der Waals surface area contributed by atoms with Crippen LogP contribution in [0.5, 0.6) is 0 Å². The smallest absolute Gasteiger partial charge is 0.0790 e. The van der Waals surface area contributed by atoms with Gasteiger partial charge in [-0.15, -0.1) is 0 Å². The van der Waals surface area contributed by atoms with E-state index in [1.165, 1.54) is 0 Å². The standard InChI is InChI=1S/C16H22N2O/c1-13(2)18-12-11-15(17-18)9-6-10-16(19)14-7-4-3-5-8-14/h3-5,7-8,11-13,16,19H,6,9-10H2,1-2H3. The first-order valence-electron chi connectivity index (χ1n) is 6.94. The molecule has 1 atom stereocenters. The molecule has 102 valence electrons. The van der Waals surface area contributed by atoms with E-state index in [1.807, 2.05) is 41.2 Å². The summed E-state index contributed by atoms with van der Waals surface area (Å²) in [4.78, 5) is 0. The fourth-order valence-electron chi connectivity index (χ4n) is 2.12. The molecule has 0 aliphatic rings. The van der Waals surface area contributed by atoms with Crippen molar-refractivity contribution in [2.45, 2.75) is 45.3 Å². The van der Waals surface area contributed by atoms with Gasteiger partial charge in [0.2, 0.25) is 0 Å². The van der Waals surface area contributed by atoms with Crippen LogP contribution in [0.2, 0.25) is 0 Å². The minimum Gasteiger partial charge on any atom is -0.388 e. The molecule has 0 amide bonds. The monoisotopic (exact) mass is 258 g/mol. The maximum Gasteiger partial charge on any atom is 0.0790 e. The average Bonchev–Trinajstić information content (AvgIpc) is 2.89. The molecule has 0 radical (unpaired) electrons. The quantitative estimate of drug-likeness (QED) is 0.861. The van der Waals surface area contributed by atoms with Crippen molar-refractivity contribution in [3.63, 3.8) is 0 Å². The fourth-order valence-corrected chi connectivity index (χ4v) is 2.12. The largest absolute Gasteiger partial charge is 0.388 e. The number of hydrogen-bond acceptors (Lipinski definition) is 2. The van der Waals surface area contributed by atoms with Gasteiger partial charge in [-0.05, 0) is 44.7 Å². The maximum atomic E-state index is 10.1. The predicted octanol–water partition coefficient (Wildman–Crippen LogP) is 3.52. The first-order chi connectivity index (χ1) is 9.16. The second kappa shape index (κ2) is 6.53. The third-order valence-corrected chi connectivity index (χ3v) is 3.29. The minimum atomic E-state index is -0.367. The van der Waals surface area contributed by atoms with Crippen LogP contribution in [0.25, 0.3) is 0 Å². The van der Waals surface area contributed by atoms with Crippen LogP contribution in [0.15, 0.2) is 42.6 Å². The molecule has 1 aromatic carbocycles. The second-order valence-electron chi connectivity index (χ2n) is 5.20. The van der Waals surface area contributed by atoms with E-state index in [-0.39, 0.29) is 6.10 Å². The van der Waals surface area contributed by atoms with Gasteiger partial charge in [0.05, 0.1) is 11.8 Å². The molecule has 0 aliphatic carbocycles. The lowest BCUT2D eigenvalue weighted by Crippen LogP contribution is -2.02. The third kappa shape index (κ3) is 3.93. The first kappa shape index (κ1) is 13.8. The van der Waals surface area contributed by atoms with Crippen LogP contribution in [0, 0.1) is 0 Å². The Balaban J connectivity index is 1.80. The van der Waals surface area contributed by atoms with Gasteiger partial charge >= 0.3 is 0 Å². The summed E-state index contributed by atoms with van der Waals surface area (Å²) in [6, 6.07) is 12.3.